The SMILES string of the molecule is CC1(C)c2ccccc2C2(c3ccccc3-c3cc(-c4cc(-c5ccccc5)nc(-c5cccc(-c6cccc(C#N)c6)c5)n4)ccc32)c2ccccc21. The highest BCUT2D eigenvalue weighted by atomic mass is 14.9. The first-order valence-corrected chi connectivity index (χ1v) is 18.5. The zero-order valence-electron chi connectivity index (χ0n) is 30.1. The number of fused-ring (bicyclic) bond motifs is 9. The Balaban J connectivity index is 1.18. The molecule has 1 aromatic heterocycles. The van der Waals surface area contributed by atoms with Crippen LogP contribution in [0.5, 0.6) is 0 Å². The van der Waals surface area contributed by atoms with E-state index in [4.69, 9.17) is 9.97 Å². The Bertz CT molecular complexity index is 2770. The highest BCUT2D eigenvalue weighted by Crippen LogP contribution is 2.62. The van der Waals surface area contributed by atoms with Gasteiger partial charge in [-0.3, -0.25) is 0 Å². The van der Waals surface area contributed by atoms with Crippen LogP contribution in [-0.2, 0) is 10.8 Å². The van der Waals surface area contributed by atoms with Crippen molar-refractivity contribution in [2.24, 2.45) is 0 Å². The van der Waals surface area contributed by atoms with Gasteiger partial charge in [0, 0.05) is 22.1 Å². The van der Waals surface area contributed by atoms with E-state index < -0.39 is 5.41 Å². The maximum Gasteiger partial charge on any atom is 0.160 e. The quantitative estimate of drug-likeness (QED) is 0.185. The minimum Gasteiger partial charge on any atom is -0.228 e. The third kappa shape index (κ3) is 4.67. The lowest BCUT2D eigenvalue weighted by molar-refractivity contribution is 0.563. The summed E-state index contributed by atoms with van der Waals surface area (Å²) < 4.78 is 0. The summed E-state index contributed by atoms with van der Waals surface area (Å²) in [7, 11) is 0. The van der Waals surface area contributed by atoms with E-state index in [1.807, 2.05) is 48.5 Å². The third-order valence-corrected chi connectivity index (χ3v) is 11.6. The fourth-order valence-corrected chi connectivity index (χ4v) is 9.11. The molecule has 0 radical (unpaired) electrons. The summed E-state index contributed by atoms with van der Waals surface area (Å²) in [6.45, 7) is 4.72. The fourth-order valence-electron chi connectivity index (χ4n) is 9.11. The van der Waals surface area contributed by atoms with E-state index in [1.54, 1.807) is 0 Å². The number of rotatable bonds is 4. The monoisotopic (exact) mass is 689 g/mol. The molecule has 3 heteroatoms. The fraction of sp³-hybridized carbons (Fsp3) is 0.0784. The van der Waals surface area contributed by atoms with Crippen LogP contribution in [0.4, 0.5) is 0 Å². The average molecular weight is 690 g/mol. The molecule has 0 unspecified atom stereocenters. The molecule has 0 atom stereocenters. The smallest absolute Gasteiger partial charge is 0.160 e. The normalized spacial score (nSPS) is 14.0. The molecular formula is C51H35N3. The predicted octanol–water partition coefficient (Wildman–Crippen LogP) is 12.0. The molecule has 8 aromatic rings. The summed E-state index contributed by atoms with van der Waals surface area (Å²) in [5.41, 5.74) is 17.3. The highest BCUT2D eigenvalue weighted by molar-refractivity contribution is 5.90. The van der Waals surface area contributed by atoms with Crippen molar-refractivity contribution in [1.29, 1.82) is 5.26 Å². The standard InChI is InChI=1S/C51H35N3/c1-50(2)43-22-8-10-24-45(43)51(46-25-11-9-23-44(46)50)41-21-7-6-20-39(41)40-30-37(26-27-42(40)51)48-31-47(34-15-4-3-5-16-34)53-49(54-48)38-19-13-18-36(29-38)35-17-12-14-33(28-35)32-52/h3-31H,1-2H3. The van der Waals surface area contributed by atoms with E-state index in [0.29, 0.717) is 11.4 Å². The van der Waals surface area contributed by atoms with Crippen molar-refractivity contribution in [2.45, 2.75) is 24.7 Å². The van der Waals surface area contributed by atoms with Crippen LogP contribution < -0.4 is 0 Å². The Kier molecular flexibility index (Phi) is 7.12. The van der Waals surface area contributed by atoms with E-state index in [9.17, 15) is 5.26 Å². The Morgan fingerprint density at radius 3 is 1.65 bits per heavy atom. The molecule has 2 aliphatic carbocycles. The maximum atomic E-state index is 9.54. The second-order valence-corrected chi connectivity index (χ2v) is 14.9. The summed E-state index contributed by atoms with van der Waals surface area (Å²) >= 11 is 0. The first-order valence-electron chi connectivity index (χ1n) is 18.5. The van der Waals surface area contributed by atoms with Gasteiger partial charge in [-0.15, -0.1) is 0 Å². The van der Waals surface area contributed by atoms with Gasteiger partial charge in [0.15, 0.2) is 5.82 Å². The molecule has 0 saturated heterocycles. The van der Waals surface area contributed by atoms with Crippen molar-refractivity contribution in [3.8, 4) is 62.2 Å². The van der Waals surface area contributed by atoms with E-state index >= 15 is 0 Å². The maximum absolute atomic E-state index is 9.54. The zero-order valence-corrected chi connectivity index (χ0v) is 30.1. The van der Waals surface area contributed by atoms with Crippen molar-refractivity contribution < 1.29 is 0 Å². The Morgan fingerprint density at radius 1 is 0.407 bits per heavy atom. The zero-order chi connectivity index (χ0) is 36.4. The van der Waals surface area contributed by atoms with Gasteiger partial charge in [-0.1, -0.05) is 159 Å². The number of benzene rings is 7. The van der Waals surface area contributed by atoms with Gasteiger partial charge in [0.2, 0.25) is 0 Å². The van der Waals surface area contributed by atoms with Crippen LogP contribution in [0, 0.1) is 11.3 Å². The molecule has 2 aliphatic rings. The van der Waals surface area contributed by atoms with Crippen LogP contribution in [0.1, 0.15) is 52.8 Å². The van der Waals surface area contributed by atoms with Crippen molar-refractivity contribution in [2.75, 3.05) is 0 Å². The second kappa shape index (κ2) is 12.1. The lowest BCUT2D eigenvalue weighted by atomic mass is 9.55. The average Bonchev–Trinajstić information content (AvgIpc) is 3.53. The summed E-state index contributed by atoms with van der Waals surface area (Å²) in [5, 5.41) is 9.54. The largest absolute Gasteiger partial charge is 0.228 e. The molecule has 54 heavy (non-hydrogen) atoms. The summed E-state index contributed by atoms with van der Waals surface area (Å²) in [6.07, 6.45) is 0. The minimum absolute atomic E-state index is 0.142. The molecule has 7 aromatic carbocycles. The van der Waals surface area contributed by atoms with Crippen LogP contribution in [-0.4, -0.2) is 9.97 Å². The van der Waals surface area contributed by atoms with Gasteiger partial charge < -0.3 is 0 Å². The summed E-state index contributed by atoms with van der Waals surface area (Å²) in [5.74, 6) is 0.652. The Hall–Kier alpha value is -6.89. The molecule has 0 bridgehead atoms. The number of hydrogen-bond acceptors (Lipinski definition) is 3. The molecule has 0 fully saturated rings. The van der Waals surface area contributed by atoms with Crippen LogP contribution in [0.15, 0.2) is 176 Å². The van der Waals surface area contributed by atoms with Crippen molar-refractivity contribution in [3.05, 3.63) is 215 Å². The van der Waals surface area contributed by atoms with E-state index in [0.717, 1.165) is 39.2 Å². The predicted molar refractivity (Wildman–Crippen MR) is 218 cm³/mol. The van der Waals surface area contributed by atoms with Gasteiger partial charge in [0.25, 0.3) is 0 Å². The molecule has 3 nitrogen and oxygen atoms in total. The van der Waals surface area contributed by atoms with Gasteiger partial charge in [0.1, 0.15) is 0 Å². The van der Waals surface area contributed by atoms with Gasteiger partial charge in [-0.05, 0) is 86.0 Å². The first-order chi connectivity index (χ1) is 26.5. The van der Waals surface area contributed by atoms with E-state index in [2.05, 4.69) is 147 Å². The molecule has 0 amide bonds. The van der Waals surface area contributed by atoms with Crippen LogP contribution in [0.2, 0.25) is 0 Å². The Morgan fingerprint density at radius 2 is 0.944 bits per heavy atom. The van der Waals surface area contributed by atoms with E-state index in [-0.39, 0.29) is 5.41 Å². The minimum atomic E-state index is -0.442. The molecular weight excluding hydrogens is 655 g/mol. The molecule has 0 aliphatic heterocycles. The summed E-state index contributed by atoms with van der Waals surface area (Å²) in [6, 6.07) is 64.7. The molecule has 0 N–H and O–H groups in total. The highest BCUT2D eigenvalue weighted by Gasteiger charge is 2.53. The van der Waals surface area contributed by atoms with Crippen molar-refractivity contribution in [3.63, 3.8) is 0 Å². The van der Waals surface area contributed by atoms with Gasteiger partial charge in [-0.2, -0.15) is 5.26 Å². The van der Waals surface area contributed by atoms with Crippen LogP contribution in [0.25, 0.3) is 56.2 Å². The number of hydrogen-bond donors (Lipinski definition) is 0. The molecule has 254 valence electrons. The third-order valence-electron chi connectivity index (χ3n) is 11.6. The molecule has 1 heterocycles. The van der Waals surface area contributed by atoms with E-state index in [1.165, 1.54) is 44.5 Å². The number of aromatic nitrogens is 2. The Labute approximate surface area is 315 Å². The lowest BCUT2D eigenvalue weighted by Gasteiger charge is -2.46. The van der Waals surface area contributed by atoms with Crippen molar-refractivity contribution in [1.82, 2.24) is 9.97 Å². The summed E-state index contributed by atoms with van der Waals surface area (Å²) in [4.78, 5) is 10.4. The van der Waals surface area contributed by atoms with Crippen LogP contribution in [0.3, 0.4) is 0 Å². The van der Waals surface area contributed by atoms with Gasteiger partial charge in [0.05, 0.1) is 28.4 Å². The number of nitriles is 1. The van der Waals surface area contributed by atoms with Crippen molar-refractivity contribution >= 4 is 0 Å². The molecule has 10 rings (SSSR count). The number of nitrogens with zero attached hydrogens (tertiary/aromatic N) is 3. The molecule has 1 spiro atoms. The second-order valence-electron chi connectivity index (χ2n) is 14.9. The van der Waals surface area contributed by atoms with Crippen LogP contribution >= 0.6 is 0 Å². The van der Waals surface area contributed by atoms with Gasteiger partial charge in [-0.25, -0.2) is 9.97 Å². The van der Waals surface area contributed by atoms with Gasteiger partial charge >= 0.3 is 0 Å². The lowest BCUT2D eigenvalue weighted by Crippen LogP contribution is -2.40. The topological polar surface area (TPSA) is 49.6 Å². The molecule has 0 saturated carbocycles. The first kappa shape index (κ1) is 31.8.